The molecule has 2 nitrogen and oxygen atoms in total. The molecule has 6 rings (SSSR count). The van der Waals surface area contributed by atoms with Gasteiger partial charge in [0, 0.05) is 0 Å². The molecule has 0 aliphatic heterocycles. The van der Waals surface area contributed by atoms with Crippen LogP contribution in [0.25, 0.3) is 11.1 Å². The molecule has 0 aromatic heterocycles. The number of halogens is 6. The summed E-state index contributed by atoms with van der Waals surface area (Å²) in [5.41, 5.74) is 4.18. The molecule has 0 saturated heterocycles. The molecule has 0 fully saturated rings. The first-order valence-corrected chi connectivity index (χ1v) is 20.8. The Morgan fingerprint density at radius 3 is 1.24 bits per heavy atom. The fourth-order valence-corrected chi connectivity index (χ4v) is 21.8. The Hall–Kier alpha value is -3.71. The Morgan fingerprint density at radius 1 is 0.556 bits per heavy atom. The van der Waals surface area contributed by atoms with Crippen molar-refractivity contribution in [3.63, 3.8) is 0 Å². The minimum atomic E-state index is -5.89. The minimum absolute atomic E-state index is 0.185. The van der Waals surface area contributed by atoms with E-state index in [2.05, 4.69) is 12.2 Å². The Labute approximate surface area is 259 Å². The number of allylic oxidation sites excluding steroid dienone is 4. The fourth-order valence-electron chi connectivity index (χ4n) is 6.93. The van der Waals surface area contributed by atoms with Gasteiger partial charge in [-0.3, -0.25) is 0 Å². The summed E-state index contributed by atoms with van der Waals surface area (Å²) >= 11 is -5.89. The molecule has 0 radical (unpaired) electrons. The van der Waals surface area contributed by atoms with Gasteiger partial charge in [0.2, 0.25) is 0 Å². The third-order valence-electron chi connectivity index (χ3n) is 9.11. The van der Waals surface area contributed by atoms with Crippen LogP contribution in [0, 0.1) is 0 Å². The Kier molecular flexibility index (Phi) is 7.63. The van der Waals surface area contributed by atoms with Crippen molar-refractivity contribution in [2.45, 2.75) is 40.4 Å². The molecule has 2 atom stereocenters. The van der Waals surface area contributed by atoms with Crippen molar-refractivity contribution in [3.8, 4) is 11.5 Å². The molecule has 0 spiro atoms. The summed E-state index contributed by atoms with van der Waals surface area (Å²) in [4.78, 5) is 0. The molecule has 0 saturated carbocycles. The normalized spacial score (nSPS) is 18.1. The van der Waals surface area contributed by atoms with E-state index in [1.807, 2.05) is 73.0 Å². The van der Waals surface area contributed by atoms with E-state index >= 15 is 0 Å². The number of alkyl halides is 6. The van der Waals surface area contributed by atoms with Crippen LogP contribution in [-0.4, -0.2) is 3.71 Å². The third kappa shape index (κ3) is 5.23. The second kappa shape index (κ2) is 11.0. The van der Waals surface area contributed by atoms with E-state index < -0.39 is 49.9 Å². The van der Waals surface area contributed by atoms with E-state index in [1.54, 1.807) is 0 Å². The molecule has 0 heterocycles. The topological polar surface area (TPSA) is 18.5 Å². The summed E-state index contributed by atoms with van der Waals surface area (Å²) < 4.78 is 96.8. The molecule has 2 aliphatic rings. The second-order valence-electron chi connectivity index (χ2n) is 11.7. The molecule has 2 aliphatic carbocycles. The number of hydrogen-bond donors (Lipinski definition) is 0. The van der Waals surface area contributed by atoms with Gasteiger partial charge in [-0.25, -0.2) is 0 Å². The number of fused-ring (bicyclic) bond motifs is 2. The van der Waals surface area contributed by atoms with E-state index in [4.69, 9.17) is 5.63 Å². The Morgan fingerprint density at radius 2 is 0.911 bits per heavy atom. The standard InChI is InChI=1S/2C10H9.2C7H5F3O.C2H4.Zr/c2*1-8-6-7-9-4-2-3-5-10(8)9;2*8-7(9,10)5-1-3-6(11)4-2-5;1-2;/h2*2-7H,1H3;2*1-4,11H;1H,2H3;/q;;;;;+2/p-2. The van der Waals surface area contributed by atoms with Crippen molar-refractivity contribution in [2.24, 2.45) is 0 Å². The SMILES string of the molecule is C[CH]=[Zr]([O]c1ccc(C(F)(F)F)cc1)([O]c1ccc(C(F)(F)F)cc1)([CH]1C=C(C)c2ccccc21)[CH]1C=C(C)c2ccccc21. The van der Waals surface area contributed by atoms with Crippen molar-refractivity contribution >= 4 is 14.9 Å². The number of benzene rings is 4. The van der Waals surface area contributed by atoms with Gasteiger partial charge < -0.3 is 0 Å². The van der Waals surface area contributed by atoms with Crippen LogP contribution in [0.5, 0.6) is 11.5 Å². The first-order valence-electron chi connectivity index (χ1n) is 14.5. The summed E-state index contributed by atoms with van der Waals surface area (Å²) in [5, 5.41) is 0. The number of rotatable bonds is 6. The molecular weight excluding hydrogens is 670 g/mol. The second-order valence-corrected chi connectivity index (χ2v) is 23.5. The van der Waals surface area contributed by atoms with Crippen molar-refractivity contribution in [1.29, 1.82) is 0 Å². The molecule has 45 heavy (non-hydrogen) atoms. The maximum absolute atomic E-state index is 13.6. The van der Waals surface area contributed by atoms with Crippen LogP contribution in [0.15, 0.2) is 109 Å². The van der Waals surface area contributed by atoms with Crippen LogP contribution < -0.4 is 5.63 Å². The van der Waals surface area contributed by atoms with Gasteiger partial charge in [-0.1, -0.05) is 0 Å². The van der Waals surface area contributed by atoms with Crippen LogP contribution in [-0.2, 0) is 31.5 Å². The monoisotopic (exact) mass is 698 g/mol. The molecule has 4 aromatic rings. The van der Waals surface area contributed by atoms with Crippen LogP contribution in [0.4, 0.5) is 26.3 Å². The third-order valence-corrected chi connectivity index (χ3v) is 23.6. The van der Waals surface area contributed by atoms with Gasteiger partial charge in [0.05, 0.1) is 0 Å². The van der Waals surface area contributed by atoms with Crippen LogP contribution >= 0.6 is 0 Å². The van der Waals surface area contributed by atoms with E-state index in [1.165, 1.54) is 24.3 Å². The average molecular weight is 700 g/mol. The summed E-state index contributed by atoms with van der Waals surface area (Å²) in [7, 11) is 0. The summed E-state index contributed by atoms with van der Waals surface area (Å²) in [6, 6.07) is 24.8. The van der Waals surface area contributed by atoms with Gasteiger partial charge in [0.1, 0.15) is 0 Å². The molecule has 0 amide bonds. The molecule has 0 bridgehead atoms. The molecule has 2 unspecified atom stereocenters. The zero-order valence-electron chi connectivity index (χ0n) is 24.7. The van der Waals surface area contributed by atoms with Crippen LogP contribution in [0.2, 0.25) is 0 Å². The Bertz CT molecular complexity index is 1760. The first kappa shape index (κ1) is 31.3. The van der Waals surface area contributed by atoms with Gasteiger partial charge in [-0.2, -0.15) is 0 Å². The van der Waals surface area contributed by atoms with Crippen molar-refractivity contribution in [1.82, 2.24) is 0 Å². The van der Waals surface area contributed by atoms with Gasteiger partial charge in [-0.15, -0.1) is 0 Å². The van der Waals surface area contributed by atoms with E-state index in [9.17, 15) is 26.3 Å². The predicted octanol–water partition coefficient (Wildman–Crippen LogP) is 10.8. The van der Waals surface area contributed by atoms with E-state index in [-0.39, 0.29) is 11.5 Å². The van der Waals surface area contributed by atoms with Gasteiger partial charge in [0.15, 0.2) is 0 Å². The first-order chi connectivity index (χ1) is 21.3. The van der Waals surface area contributed by atoms with Gasteiger partial charge >= 0.3 is 260 Å². The molecular formula is C36H30F6O2Zr. The zero-order chi connectivity index (χ0) is 32.2. The fraction of sp³-hybridized carbons (Fsp3) is 0.194. The summed E-state index contributed by atoms with van der Waals surface area (Å²) in [6.07, 6.45) is -4.90. The predicted molar refractivity (Wildman–Crippen MR) is 162 cm³/mol. The van der Waals surface area contributed by atoms with Crippen LogP contribution in [0.1, 0.15) is 61.4 Å². The van der Waals surface area contributed by atoms with Gasteiger partial charge in [-0.05, 0) is 0 Å². The Balaban J connectivity index is 1.67. The maximum atomic E-state index is 13.6. The quantitative estimate of drug-likeness (QED) is 0.187. The van der Waals surface area contributed by atoms with Crippen LogP contribution in [0.3, 0.4) is 0 Å². The molecule has 9 heteroatoms. The summed E-state index contributed by atoms with van der Waals surface area (Å²) in [5.74, 6) is 0.369. The molecule has 232 valence electrons. The number of hydrogen-bond acceptors (Lipinski definition) is 2. The van der Waals surface area contributed by atoms with Gasteiger partial charge in [0.25, 0.3) is 0 Å². The molecule has 0 N–H and O–H groups in total. The zero-order valence-corrected chi connectivity index (χ0v) is 27.2. The van der Waals surface area contributed by atoms with Crippen molar-refractivity contribution in [3.05, 3.63) is 143 Å². The summed E-state index contributed by atoms with van der Waals surface area (Å²) in [6.45, 7) is 5.81. The molecule has 4 aromatic carbocycles. The van der Waals surface area contributed by atoms with E-state index in [0.29, 0.717) is 0 Å². The van der Waals surface area contributed by atoms with E-state index in [0.717, 1.165) is 57.7 Å². The van der Waals surface area contributed by atoms with Crippen molar-refractivity contribution in [2.75, 3.05) is 0 Å². The van der Waals surface area contributed by atoms with Crippen molar-refractivity contribution < 1.29 is 51.1 Å². The average Bonchev–Trinajstić information content (AvgIpc) is 3.54.